The van der Waals surface area contributed by atoms with Gasteiger partial charge < -0.3 is 4.79 Å². The fourth-order valence-electron chi connectivity index (χ4n) is 2.62. The van der Waals surface area contributed by atoms with Gasteiger partial charge in [-0.25, -0.2) is 0 Å². The van der Waals surface area contributed by atoms with Crippen LogP contribution in [0.2, 0.25) is 0 Å². The molecular weight excluding hydrogens is 312 g/mol. The Balaban J connectivity index is 3.63. The van der Waals surface area contributed by atoms with Crippen LogP contribution in [0.25, 0.3) is 0 Å². The lowest BCUT2D eigenvalue weighted by Crippen LogP contribution is -2.13. The van der Waals surface area contributed by atoms with Gasteiger partial charge in [0.1, 0.15) is 6.29 Å². The van der Waals surface area contributed by atoms with E-state index in [0.29, 0.717) is 23.1 Å². The van der Waals surface area contributed by atoms with Crippen molar-refractivity contribution >= 4 is 22.2 Å². The number of rotatable bonds is 6. The van der Waals surface area contributed by atoms with E-state index in [1.165, 1.54) is 22.3 Å². The van der Waals surface area contributed by atoms with E-state index in [9.17, 15) is 4.79 Å². The van der Waals surface area contributed by atoms with Gasteiger partial charge in [0.05, 0.1) is 0 Å². The first-order chi connectivity index (χ1) is 9.33. The Morgan fingerprint density at radius 2 is 1.40 bits per heavy atom. The molecule has 0 amide bonds. The molecule has 0 radical (unpaired) electrons. The van der Waals surface area contributed by atoms with Gasteiger partial charge in [-0.15, -0.1) is 0 Å². The average Bonchev–Trinajstić information content (AvgIpc) is 2.39. The molecule has 0 heterocycles. The van der Waals surface area contributed by atoms with E-state index in [4.69, 9.17) is 0 Å². The number of hydrogen-bond donors (Lipinski definition) is 0. The number of carbonyl (C=O) groups excluding carboxylic acids is 1. The van der Waals surface area contributed by atoms with Gasteiger partial charge >= 0.3 is 0 Å². The van der Waals surface area contributed by atoms with Gasteiger partial charge in [0.15, 0.2) is 0 Å². The summed E-state index contributed by atoms with van der Waals surface area (Å²) in [6, 6.07) is 4.60. The molecule has 0 N–H and O–H groups in total. The molecule has 1 unspecified atom stereocenters. The molecule has 20 heavy (non-hydrogen) atoms. The summed E-state index contributed by atoms with van der Waals surface area (Å²) in [7, 11) is 0. The zero-order chi connectivity index (χ0) is 15.4. The van der Waals surface area contributed by atoms with E-state index >= 15 is 0 Å². The largest absolute Gasteiger partial charge is 0.303 e. The monoisotopic (exact) mass is 338 g/mol. The fraction of sp³-hybridized carbons (Fsp3) is 0.611. The third-order valence-electron chi connectivity index (χ3n) is 3.88. The number of alkyl halides is 1. The molecule has 0 aromatic heterocycles. The van der Waals surface area contributed by atoms with Gasteiger partial charge in [-0.2, -0.15) is 0 Å². The molecule has 0 bridgehead atoms. The molecule has 1 aromatic rings. The van der Waals surface area contributed by atoms with Crippen molar-refractivity contribution in [2.24, 2.45) is 0 Å². The first-order valence-corrected chi connectivity index (χ1v) is 8.64. The van der Waals surface area contributed by atoms with Gasteiger partial charge in [-0.05, 0) is 40.0 Å². The summed E-state index contributed by atoms with van der Waals surface area (Å²) in [6.07, 6.45) is 1.08. The summed E-state index contributed by atoms with van der Waals surface area (Å²) in [4.78, 5) is 11.5. The maximum Gasteiger partial charge on any atom is 0.128 e. The van der Waals surface area contributed by atoms with Crippen LogP contribution in [-0.4, -0.2) is 11.6 Å². The average molecular weight is 339 g/mol. The normalized spacial score (nSPS) is 13.3. The van der Waals surface area contributed by atoms with Crippen molar-refractivity contribution in [1.82, 2.24) is 0 Å². The van der Waals surface area contributed by atoms with E-state index in [0.717, 1.165) is 6.29 Å². The van der Waals surface area contributed by atoms with Crippen LogP contribution in [0.15, 0.2) is 12.1 Å². The minimum atomic E-state index is -0.0500. The van der Waals surface area contributed by atoms with E-state index in [2.05, 4.69) is 69.6 Å². The summed E-state index contributed by atoms with van der Waals surface area (Å²) >= 11 is 3.50. The third kappa shape index (κ3) is 3.72. The Hall–Kier alpha value is -0.630. The molecule has 0 aliphatic rings. The van der Waals surface area contributed by atoms with Crippen LogP contribution >= 0.6 is 15.9 Å². The number of aldehydes is 1. The Morgan fingerprint density at radius 1 is 0.950 bits per heavy atom. The number of carbonyl (C=O) groups is 1. The lowest BCUT2D eigenvalue weighted by Gasteiger charge is -2.25. The third-order valence-corrected chi connectivity index (χ3v) is 4.58. The van der Waals surface area contributed by atoms with Gasteiger partial charge in [0.25, 0.3) is 0 Å². The summed E-state index contributed by atoms with van der Waals surface area (Å²) in [6.45, 7) is 13.3. The molecule has 1 rings (SSSR count). The highest BCUT2D eigenvalue weighted by atomic mass is 79.9. The second-order valence-electron chi connectivity index (χ2n) is 6.47. The van der Waals surface area contributed by atoms with Crippen molar-refractivity contribution in [2.75, 3.05) is 5.33 Å². The molecule has 1 nitrogen and oxygen atoms in total. The molecule has 0 saturated carbocycles. The predicted octanol–water partition coefficient (Wildman–Crippen LogP) is 5.73. The molecule has 0 spiro atoms. The fourth-order valence-corrected chi connectivity index (χ4v) is 3.10. The topological polar surface area (TPSA) is 17.1 Å². The van der Waals surface area contributed by atoms with Crippen LogP contribution in [0.3, 0.4) is 0 Å². The predicted molar refractivity (Wildman–Crippen MR) is 91.3 cm³/mol. The lowest BCUT2D eigenvalue weighted by atomic mass is 9.80. The Labute approximate surface area is 132 Å². The highest BCUT2D eigenvalue weighted by Gasteiger charge is 2.22. The summed E-state index contributed by atoms with van der Waals surface area (Å²) in [5, 5.41) is 0.691. The van der Waals surface area contributed by atoms with E-state index in [1.807, 2.05) is 0 Å². The number of halogens is 1. The van der Waals surface area contributed by atoms with Gasteiger partial charge in [-0.1, -0.05) is 69.6 Å². The molecule has 1 aromatic carbocycles. The van der Waals surface area contributed by atoms with Crippen LogP contribution in [0, 0.1) is 0 Å². The molecule has 0 fully saturated rings. The van der Waals surface area contributed by atoms with Crippen LogP contribution < -0.4 is 0 Å². The molecule has 1 atom stereocenters. The SMILES string of the molecule is CC(C)c1cc(C(C)C)c(C(C=O)CBr)c(C(C)C)c1. The highest BCUT2D eigenvalue weighted by molar-refractivity contribution is 9.09. The van der Waals surface area contributed by atoms with Crippen LogP contribution in [0.4, 0.5) is 0 Å². The van der Waals surface area contributed by atoms with E-state index in [-0.39, 0.29) is 5.92 Å². The van der Waals surface area contributed by atoms with Crippen LogP contribution in [0.1, 0.15) is 87.5 Å². The van der Waals surface area contributed by atoms with Crippen LogP contribution in [-0.2, 0) is 4.79 Å². The maximum atomic E-state index is 11.5. The first kappa shape index (κ1) is 17.4. The molecule has 2 heteroatoms. The van der Waals surface area contributed by atoms with Crippen molar-refractivity contribution in [3.63, 3.8) is 0 Å². The molecule has 112 valence electrons. The summed E-state index contributed by atoms with van der Waals surface area (Å²) < 4.78 is 0. The zero-order valence-corrected chi connectivity index (χ0v) is 15.1. The second kappa shape index (κ2) is 7.40. The molecule has 0 saturated heterocycles. The van der Waals surface area contributed by atoms with Crippen molar-refractivity contribution in [2.45, 2.75) is 65.2 Å². The van der Waals surface area contributed by atoms with Crippen molar-refractivity contribution in [3.05, 3.63) is 34.4 Å². The van der Waals surface area contributed by atoms with Crippen molar-refractivity contribution < 1.29 is 4.79 Å². The summed E-state index contributed by atoms with van der Waals surface area (Å²) in [5.74, 6) is 1.33. The maximum absolute atomic E-state index is 11.5. The van der Waals surface area contributed by atoms with Gasteiger partial charge in [0.2, 0.25) is 0 Å². The smallest absolute Gasteiger partial charge is 0.128 e. The Kier molecular flexibility index (Phi) is 6.44. The quantitative estimate of drug-likeness (QED) is 0.477. The first-order valence-electron chi connectivity index (χ1n) is 7.52. The minimum Gasteiger partial charge on any atom is -0.303 e. The van der Waals surface area contributed by atoms with Gasteiger partial charge in [0, 0.05) is 11.2 Å². The Bertz CT molecular complexity index is 431. The highest BCUT2D eigenvalue weighted by Crippen LogP contribution is 2.36. The van der Waals surface area contributed by atoms with Crippen molar-refractivity contribution in [3.8, 4) is 0 Å². The molecule has 0 aliphatic heterocycles. The zero-order valence-electron chi connectivity index (χ0n) is 13.5. The van der Waals surface area contributed by atoms with Gasteiger partial charge in [-0.3, -0.25) is 0 Å². The summed E-state index contributed by atoms with van der Waals surface area (Å²) in [5.41, 5.74) is 5.28. The van der Waals surface area contributed by atoms with Crippen LogP contribution in [0.5, 0.6) is 0 Å². The lowest BCUT2D eigenvalue weighted by molar-refractivity contribution is -0.108. The minimum absolute atomic E-state index is 0.0500. The Morgan fingerprint density at radius 3 is 1.65 bits per heavy atom. The second-order valence-corrected chi connectivity index (χ2v) is 7.12. The van der Waals surface area contributed by atoms with E-state index < -0.39 is 0 Å². The van der Waals surface area contributed by atoms with E-state index in [1.54, 1.807) is 0 Å². The molecule has 0 aliphatic carbocycles. The number of hydrogen-bond acceptors (Lipinski definition) is 1. The van der Waals surface area contributed by atoms with Crippen molar-refractivity contribution in [1.29, 1.82) is 0 Å². The number of benzene rings is 1. The molecular formula is C18H27BrO. The standard InChI is InChI=1S/C18H27BrO/c1-11(2)14-7-16(12(3)4)18(15(9-19)10-20)17(8-14)13(5)6/h7-8,10-13,15H,9H2,1-6H3.